The number of aromatic nitrogens is 1. The Morgan fingerprint density at radius 1 is 1.00 bits per heavy atom. The van der Waals surface area contributed by atoms with Gasteiger partial charge in [0.2, 0.25) is 5.91 Å². The van der Waals surface area contributed by atoms with Gasteiger partial charge in [0.15, 0.2) is 0 Å². The van der Waals surface area contributed by atoms with Crippen LogP contribution in [0.15, 0.2) is 29.6 Å². The Bertz CT molecular complexity index is 1010. The molecule has 3 amide bonds. The van der Waals surface area contributed by atoms with Crippen LogP contribution in [0.4, 0.5) is 9.18 Å². The second kappa shape index (κ2) is 10.9. The zero-order valence-corrected chi connectivity index (χ0v) is 20.1. The highest BCUT2D eigenvalue weighted by Crippen LogP contribution is 2.31. The number of nitrogens with zero attached hydrogens (tertiary/aromatic N) is 4. The molecule has 4 rings (SSSR count). The summed E-state index contributed by atoms with van der Waals surface area (Å²) in [4.78, 5) is 47.2. The molecular formula is C24H29FN4O4S. The number of carbonyl (C=O) groups excluding carboxylic acids is 3. The lowest BCUT2D eigenvalue weighted by atomic mass is 9.97. The van der Waals surface area contributed by atoms with Gasteiger partial charge in [0.05, 0.1) is 18.0 Å². The topological polar surface area (TPSA) is 83.0 Å². The fraction of sp³-hybridized carbons (Fsp3) is 0.500. The van der Waals surface area contributed by atoms with Crippen molar-refractivity contribution in [2.75, 3.05) is 45.9 Å². The lowest BCUT2D eigenvalue weighted by Crippen LogP contribution is -2.50. The molecule has 34 heavy (non-hydrogen) atoms. The molecule has 10 heteroatoms. The molecule has 0 bridgehead atoms. The average Bonchev–Trinajstić information content (AvgIpc) is 3.36. The van der Waals surface area contributed by atoms with Crippen molar-refractivity contribution in [2.24, 2.45) is 0 Å². The predicted molar refractivity (Wildman–Crippen MR) is 125 cm³/mol. The van der Waals surface area contributed by atoms with Crippen LogP contribution in [0.3, 0.4) is 0 Å². The van der Waals surface area contributed by atoms with E-state index in [0.717, 1.165) is 23.4 Å². The van der Waals surface area contributed by atoms with Crippen molar-refractivity contribution >= 4 is 29.2 Å². The molecule has 182 valence electrons. The highest BCUT2D eigenvalue weighted by atomic mass is 32.1. The van der Waals surface area contributed by atoms with Gasteiger partial charge in [0.1, 0.15) is 11.5 Å². The first kappa shape index (κ1) is 24.1. The Hall–Kier alpha value is -3.01. The van der Waals surface area contributed by atoms with Gasteiger partial charge < -0.3 is 19.4 Å². The van der Waals surface area contributed by atoms with Crippen LogP contribution in [0.5, 0.6) is 0 Å². The van der Waals surface area contributed by atoms with Crippen molar-refractivity contribution < 1.29 is 23.5 Å². The van der Waals surface area contributed by atoms with Crippen LogP contribution in [-0.2, 0) is 16.0 Å². The lowest BCUT2D eigenvalue weighted by molar-refractivity contribution is -0.131. The van der Waals surface area contributed by atoms with Crippen LogP contribution in [0.2, 0.25) is 0 Å². The molecule has 0 aliphatic carbocycles. The molecule has 2 aromatic rings. The van der Waals surface area contributed by atoms with E-state index < -0.39 is 0 Å². The van der Waals surface area contributed by atoms with Crippen molar-refractivity contribution in [3.63, 3.8) is 0 Å². The highest BCUT2D eigenvalue weighted by molar-refractivity contribution is 7.09. The second-order valence-corrected chi connectivity index (χ2v) is 9.40. The molecule has 2 fully saturated rings. The summed E-state index contributed by atoms with van der Waals surface area (Å²) in [7, 11) is 0. The first-order valence-corrected chi connectivity index (χ1v) is 12.5. The Morgan fingerprint density at radius 3 is 2.29 bits per heavy atom. The van der Waals surface area contributed by atoms with Crippen molar-refractivity contribution in [1.82, 2.24) is 19.7 Å². The number of piperidine rings is 1. The number of rotatable bonds is 5. The monoisotopic (exact) mass is 488 g/mol. The molecule has 2 saturated heterocycles. The van der Waals surface area contributed by atoms with Crippen LogP contribution in [0, 0.1) is 5.82 Å². The molecule has 1 aromatic heterocycles. The van der Waals surface area contributed by atoms with Gasteiger partial charge >= 0.3 is 6.09 Å². The minimum absolute atomic E-state index is 0.0435. The number of benzene rings is 1. The first-order chi connectivity index (χ1) is 16.4. The number of amides is 3. The Balaban J connectivity index is 1.26. The molecule has 8 nitrogen and oxygen atoms in total. The predicted octanol–water partition coefficient (Wildman–Crippen LogP) is 3.15. The van der Waals surface area contributed by atoms with Crippen LogP contribution < -0.4 is 0 Å². The van der Waals surface area contributed by atoms with E-state index in [1.807, 2.05) is 4.90 Å². The van der Waals surface area contributed by atoms with E-state index in [1.54, 1.807) is 34.2 Å². The van der Waals surface area contributed by atoms with E-state index in [9.17, 15) is 18.8 Å². The van der Waals surface area contributed by atoms with Crippen molar-refractivity contribution in [1.29, 1.82) is 0 Å². The third-order valence-corrected chi connectivity index (χ3v) is 7.31. The SMILES string of the molecule is CCOC(=O)N1CCN(C(=O)c2csc(C3CCN(C(=O)Cc4ccc(F)cc4)CC3)n2)CC1. The quantitative estimate of drug-likeness (QED) is 0.646. The number of likely N-dealkylation sites (tertiary alicyclic amines) is 1. The van der Waals surface area contributed by atoms with Gasteiger partial charge in [-0.15, -0.1) is 11.3 Å². The molecule has 0 unspecified atom stereocenters. The second-order valence-electron chi connectivity index (χ2n) is 8.51. The number of piperazine rings is 1. The number of hydrogen-bond donors (Lipinski definition) is 0. The number of carbonyl (C=O) groups is 3. The normalized spacial score (nSPS) is 17.1. The molecular weight excluding hydrogens is 459 g/mol. The largest absolute Gasteiger partial charge is 0.450 e. The molecule has 0 atom stereocenters. The molecule has 2 aliphatic rings. The van der Waals surface area contributed by atoms with Gasteiger partial charge in [0, 0.05) is 50.6 Å². The van der Waals surface area contributed by atoms with E-state index in [-0.39, 0.29) is 36.1 Å². The number of halogens is 1. The summed E-state index contributed by atoms with van der Waals surface area (Å²) in [6.45, 7) is 5.21. The Kier molecular flexibility index (Phi) is 7.77. The van der Waals surface area contributed by atoms with Crippen LogP contribution >= 0.6 is 11.3 Å². The van der Waals surface area contributed by atoms with E-state index in [0.29, 0.717) is 51.6 Å². The van der Waals surface area contributed by atoms with E-state index in [4.69, 9.17) is 4.74 Å². The summed E-state index contributed by atoms with van der Waals surface area (Å²) in [5, 5.41) is 2.74. The van der Waals surface area contributed by atoms with Crippen LogP contribution in [0.1, 0.15) is 46.7 Å². The molecule has 0 spiro atoms. The lowest BCUT2D eigenvalue weighted by Gasteiger charge is -2.33. The van der Waals surface area contributed by atoms with Crippen molar-refractivity contribution in [2.45, 2.75) is 32.1 Å². The number of thiazole rings is 1. The summed E-state index contributed by atoms with van der Waals surface area (Å²) >= 11 is 1.49. The van der Waals surface area contributed by atoms with Crippen LogP contribution in [-0.4, -0.2) is 83.5 Å². The molecule has 0 radical (unpaired) electrons. The molecule has 1 aromatic carbocycles. The molecule has 0 saturated carbocycles. The van der Waals surface area contributed by atoms with Crippen LogP contribution in [0.25, 0.3) is 0 Å². The molecule has 3 heterocycles. The minimum atomic E-state index is -0.340. The van der Waals surface area contributed by atoms with Gasteiger partial charge in [0.25, 0.3) is 5.91 Å². The smallest absolute Gasteiger partial charge is 0.409 e. The zero-order valence-electron chi connectivity index (χ0n) is 19.2. The zero-order chi connectivity index (χ0) is 24.1. The summed E-state index contributed by atoms with van der Waals surface area (Å²) < 4.78 is 18.1. The molecule has 0 N–H and O–H groups in total. The first-order valence-electron chi connectivity index (χ1n) is 11.6. The summed E-state index contributed by atoms with van der Waals surface area (Å²) in [6, 6.07) is 6.03. The minimum Gasteiger partial charge on any atom is -0.450 e. The standard InChI is InChI=1S/C24H29FN4O4S/c1-2-33-24(32)29-13-11-28(12-14-29)23(31)20-16-34-22(26-20)18-7-9-27(10-8-18)21(30)15-17-3-5-19(25)6-4-17/h3-6,16,18H,2,7-15H2,1H3. The average molecular weight is 489 g/mol. The fourth-order valence-corrected chi connectivity index (χ4v) is 5.27. The highest BCUT2D eigenvalue weighted by Gasteiger charge is 2.29. The summed E-state index contributed by atoms with van der Waals surface area (Å²) in [6.07, 6.45) is 1.53. The van der Waals surface area contributed by atoms with Gasteiger partial charge in [-0.1, -0.05) is 12.1 Å². The van der Waals surface area contributed by atoms with Gasteiger partial charge in [-0.2, -0.15) is 0 Å². The van der Waals surface area contributed by atoms with Crippen molar-refractivity contribution in [3.8, 4) is 0 Å². The third-order valence-electron chi connectivity index (χ3n) is 6.30. The summed E-state index contributed by atoms with van der Waals surface area (Å²) in [5.41, 5.74) is 1.25. The molecule has 2 aliphatic heterocycles. The number of ether oxygens (including phenoxy) is 1. The number of hydrogen-bond acceptors (Lipinski definition) is 6. The maximum atomic E-state index is 13.1. The maximum Gasteiger partial charge on any atom is 0.409 e. The van der Waals surface area contributed by atoms with E-state index in [1.165, 1.54) is 23.5 Å². The van der Waals surface area contributed by atoms with E-state index >= 15 is 0 Å². The van der Waals surface area contributed by atoms with Gasteiger partial charge in [-0.3, -0.25) is 9.59 Å². The fourth-order valence-electron chi connectivity index (χ4n) is 4.31. The third kappa shape index (κ3) is 5.72. The van der Waals surface area contributed by atoms with Gasteiger partial charge in [-0.25, -0.2) is 14.2 Å². The van der Waals surface area contributed by atoms with Crippen molar-refractivity contribution in [3.05, 3.63) is 51.7 Å². The van der Waals surface area contributed by atoms with Gasteiger partial charge in [-0.05, 0) is 37.5 Å². The summed E-state index contributed by atoms with van der Waals surface area (Å²) in [5.74, 6) is -0.153. The Morgan fingerprint density at radius 2 is 1.65 bits per heavy atom. The van der Waals surface area contributed by atoms with E-state index in [2.05, 4.69) is 4.98 Å². The Labute approximate surface area is 202 Å². The maximum absolute atomic E-state index is 13.1.